The highest BCUT2D eigenvalue weighted by Gasteiger charge is 2.19. The number of pyridine rings is 1. The van der Waals surface area contributed by atoms with Gasteiger partial charge in [-0.3, -0.25) is 15.1 Å². The minimum Gasteiger partial charge on any atom is -0.397 e. The van der Waals surface area contributed by atoms with Crippen LogP contribution in [-0.4, -0.2) is 9.91 Å². The molecule has 0 aliphatic carbocycles. The molecule has 0 fully saturated rings. The number of hydrogen-bond donors (Lipinski definition) is 1. The Bertz CT molecular complexity index is 766. The first kappa shape index (κ1) is 14.1. The van der Waals surface area contributed by atoms with Crippen LogP contribution in [0.4, 0.5) is 10.1 Å². The molecule has 0 atom stereocenters. The second-order valence-electron chi connectivity index (χ2n) is 4.05. The molecule has 0 spiro atoms. The molecule has 0 saturated carbocycles. The average Bonchev–Trinajstić information content (AvgIpc) is 2.48. The molecule has 2 N–H and O–H groups in total. The fourth-order valence-electron chi connectivity index (χ4n) is 1.82. The second-order valence-corrected chi connectivity index (χ2v) is 4.05. The minimum absolute atomic E-state index is 0.00485. The Hall–Kier alpha value is -3.27. The number of halogens is 1. The van der Waals surface area contributed by atoms with Crippen molar-refractivity contribution in [2.45, 2.75) is 0 Å². The van der Waals surface area contributed by atoms with Crippen molar-refractivity contribution < 1.29 is 9.31 Å². The van der Waals surface area contributed by atoms with E-state index in [9.17, 15) is 19.8 Å². The summed E-state index contributed by atoms with van der Waals surface area (Å²) < 4.78 is 13.1. The number of nitro groups is 1. The Morgan fingerprint density at radius 2 is 2.00 bits per heavy atom. The maximum atomic E-state index is 13.1. The Morgan fingerprint density at radius 1 is 1.33 bits per heavy atom. The Kier molecular flexibility index (Phi) is 3.90. The number of hydrogen-bond acceptors (Lipinski definition) is 5. The van der Waals surface area contributed by atoms with Gasteiger partial charge in [0.2, 0.25) is 0 Å². The summed E-state index contributed by atoms with van der Waals surface area (Å²) in [6.07, 6.45) is 2.94. The SMILES string of the molecule is N#C/C(=C(/N)c1ccc(F)cc1[N+](=O)[O-])c1ccncc1. The predicted molar refractivity (Wildman–Crippen MR) is 73.9 cm³/mol. The van der Waals surface area contributed by atoms with E-state index in [0.29, 0.717) is 5.56 Å². The van der Waals surface area contributed by atoms with Gasteiger partial charge in [0.15, 0.2) is 0 Å². The topological polar surface area (TPSA) is 106 Å². The zero-order valence-corrected chi connectivity index (χ0v) is 10.7. The molecule has 0 amide bonds. The van der Waals surface area contributed by atoms with Crippen molar-refractivity contribution in [1.29, 1.82) is 5.26 Å². The van der Waals surface area contributed by atoms with E-state index >= 15 is 0 Å². The van der Waals surface area contributed by atoms with E-state index in [1.165, 1.54) is 18.5 Å². The maximum absolute atomic E-state index is 13.1. The highest BCUT2D eigenvalue weighted by atomic mass is 19.1. The number of nitrogens with zero attached hydrogens (tertiary/aromatic N) is 3. The largest absolute Gasteiger partial charge is 0.397 e. The Balaban J connectivity index is 2.68. The highest BCUT2D eigenvalue weighted by Crippen LogP contribution is 2.29. The quantitative estimate of drug-likeness (QED) is 0.529. The summed E-state index contributed by atoms with van der Waals surface area (Å²) in [5.74, 6) is -0.749. The van der Waals surface area contributed by atoms with E-state index in [0.717, 1.165) is 12.1 Å². The molecule has 1 aromatic carbocycles. The van der Waals surface area contributed by atoms with E-state index in [1.54, 1.807) is 12.1 Å². The van der Waals surface area contributed by atoms with Gasteiger partial charge >= 0.3 is 0 Å². The average molecular weight is 284 g/mol. The van der Waals surface area contributed by atoms with E-state index in [2.05, 4.69) is 4.98 Å². The lowest BCUT2D eigenvalue weighted by atomic mass is 10.0. The van der Waals surface area contributed by atoms with Gasteiger partial charge in [-0.05, 0) is 29.8 Å². The number of allylic oxidation sites excluding steroid dienone is 1. The standard InChI is InChI=1S/C14H9FN4O2/c15-10-1-2-11(13(7-10)19(20)21)14(17)12(8-16)9-3-5-18-6-4-9/h1-7H,17H2/b14-12-. The van der Waals surface area contributed by atoms with Crippen LogP contribution in [0.1, 0.15) is 11.1 Å². The second kappa shape index (κ2) is 5.79. The number of aromatic nitrogens is 1. The van der Waals surface area contributed by atoms with E-state index in [4.69, 9.17) is 5.73 Å². The van der Waals surface area contributed by atoms with Crippen molar-refractivity contribution >= 4 is 17.0 Å². The van der Waals surface area contributed by atoms with Gasteiger partial charge in [0.25, 0.3) is 5.69 Å². The Labute approximate surface area is 119 Å². The van der Waals surface area contributed by atoms with Gasteiger partial charge in [0.1, 0.15) is 11.9 Å². The monoisotopic (exact) mass is 284 g/mol. The molecule has 0 saturated heterocycles. The van der Waals surface area contributed by atoms with Crippen LogP contribution in [0.2, 0.25) is 0 Å². The fraction of sp³-hybridized carbons (Fsp3) is 0. The summed E-state index contributed by atoms with van der Waals surface area (Å²) in [5, 5.41) is 20.2. The molecule has 104 valence electrons. The smallest absolute Gasteiger partial charge is 0.281 e. The molecule has 0 bridgehead atoms. The van der Waals surface area contributed by atoms with Crippen molar-refractivity contribution in [3.63, 3.8) is 0 Å². The van der Waals surface area contributed by atoms with Crippen LogP contribution in [0.25, 0.3) is 11.3 Å². The van der Waals surface area contributed by atoms with Gasteiger partial charge < -0.3 is 5.73 Å². The minimum atomic E-state index is -0.749. The molecule has 6 nitrogen and oxygen atoms in total. The molecule has 7 heteroatoms. The summed E-state index contributed by atoms with van der Waals surface area (Å²) >= 11 is 0. The van der Waals surface area contributed by atoms with Crippen molar-refractivity contribution in [3.05, 3.63) is 69.8 Å². The number of rotatable bonds is 3. The Morgan fingerprint density at radius 3 is 2.57 bits per heavy atom. The lowest BCUT2D eigenvalue weighted by Crippen LogP contribution is -2.05. The first-order chi connectivity index (χ1) is 10.0. The lowest BCUT2D eigenvalue weighted by Gasteiger charge is -2.07. The molecule has 0 aliphatic heterocycles. The van der Waals surface area contributed by atoms with E-state index in [-0.39, 0.29) is 16.8 Å². The van der Waals surface area contributed by atoms with Crippen molar-refractivity contribution in [2.75, 3.05) is 0 Å². The van der Waals surface area contributed by atoms with Gasteiger partial charge in [-0.1, -0.05) is 0 Å². The van der Waals surface area contributed by atoms with Gasteiger partial charge in [-0.15, -0.1) is 0 Å². The zero-order chi connectivity index (χ0) is 15.4. The predicted octanol–water partition coefficient (Wildman–Crippen LogP) is 2.48. The number of nitro benzene ring substituents is 1. The number of benzene rings is 1. The van der Waals surface area contributed by atoms with Crippen molar-refractivity contribution in [3.8, 4) is 6.07 Å². The zero-order valence-electron chi connectivity index (χ0n) is 10.7. The van der Waals surface area contributed by atoms with Crippen LogP contribution >= 0.6 is 0 Å². The molecule has 1 aromatic heterocycles. The third kappa shape index (κ3) is 2.84. The molecule has 1 heterocycles. The maximum Gasteiger partial charge on any atom is 0.281 e. The van der Waals surface area contributed by atoms with Gasteiger partial charge in [0, 0.05) is 12.4 Å². The van der Waals surface area contributed by atoms with Crippen LogP contribution in [0.15, 0.2) is 42.7 Å². The van der Waals surface area contributed by atoms with E-state index in [1.807, 2.05) is 6.07 Å². The summed E-state index contributed by atoms with van der Waals surface area (Å²) in [7, 11) is 0. The molecular weight excluding hydrogens is 275 g/mol. The summed E-state index contributed by atoms with van der Waals surface area (Å²) in [5.41, 5.74) is 5.83. The van der Waals surface area contributed by atoms with Crippen LogP contribution in [0.3, 0.4) is 0 Å². The van der Waals surface area contributed by atoms with Crippen LogP contribution < -0.4 is 5.73 Å². The third-order valence-corrected chi connectivity index (χ3v) is 2.80. The first-order valence-electron chi connectivity index (χ1n) is 5.79. The van der Waals surface area contributed by atoms with Gasteiger partial charge in [-0.25, -0.2) is 4.39 Å². The van der Waals surface area contributed by atoms with Crippen molar-refractivity contribution in [1.82, 2.24) is 4.98 Å². The summed E-state index contributed by atoms with van der Waals surface area (Å²) in [6.45, 7) is 0. The van der Waals surface area contributed by atoms with Gasteiger partial charge in [-0.2, -0.15) is 5.26 Å². The van der Waals surface area contributed by atoms with Gasteiger partial charge in [0.05, 0.1) is 27.8 Å². The molecule has 0 unspecified atom stereocenters. The molecule has 0 radical (unpaired) electrons. The van der Waals surface area contributed by atoms with Crippen LogP contribution in [0.5, 0.6) is 0 Å². The molecule has 0 aliphatic rings. The lowest BCUT2D eigenvalue weighted by molar-refractivity contribution is -0.385. The summed E-state index contributed by atoms with van der Waals surface area (Å²) in [4.78, 5) is 14.1. The van der Waals surface area contributed by atoms with Crippen molar-refractivity contribution in [2.24, 2.45) is 5.73 Å². The number of nitrogens with two attached hydrogens (primary N) is 1. The third-order valence-electron chi connectivity index (χ3n) is 2.80. The number of nitriles is 1. The first-order valence-corrected chi connectivity index (χ1v) is 5.79. The van der Waals surface area contributed by atoms with Crippen LogP contribution in [0, 0.1) is 27.3 Å². The summed E-state index contributed by atoms with van der Waals surface area (Å²) in [6, 6.07) is 8.02. The normalized spacial score (nSPS) is 11.4. The molecule has 2 aromatic rings. The van der Waals surface area contributed by atoms with E-state index < -0.39 is 16.4 Å². The van der Waals surface area contributed by atoms with Crippen LogP contribution in [-0.2, 0) is 0 Å². The molecule has 2 rings (SSSR count). The highest BCUT2D eigenvalue weighted by molar-refractivity contribution is 5.97. The molecular formula is C14H9FN4O2. The fourth-order valence-corrected chi connectivity index (χ4v) is 1.82. The molecule has 21 heavy (non-hydrogen) atoms.